The molecule has 158 valence electrons. The predicted octanol–water partition coefficient (Wildman–Crippen LogP) is 7.20. The highest BCUT2D eigenvalue weighted by Gasteiger charge is 2.22. The van der Waals surface area contributed by atoms with Gasteiger partial charge in [0.05, 0.1) is 12.7 Å². The summed E-state index contributed by atoms with van der Waals surface area (Å²) in [6, 6.07) is 12.5. The van der Waals surface area contributed by atoms with E-state index in [-0.39, 0.29) is 30.6 Å². The molecule has 0 saturated heterocycles. The number of halogens is 2. The minimum Gasteiger partial charge on any atom is -0.486 e. The molecule has 0 spiro atoms. The molecule has 0 aliphatic heterocycles. The fourth-order valence-electron chi connectivity index (χ4n) is 4.01. The monoisotopic (exact) mass is 402 g/mol. The number of ether oxygens (including phenoxy) is 2. The van der Waals surface area contributed by atoms with Crippen LogP contribution in [-0.2, 0) is 18.0 Å². The molecule has 0 heterocycles. The lowest BCUT2D eigenvalue weighted by molar-refractivity contribution is 0.00476. The number of hydrogen-bond donors (Lipinski definition) is 0. The Bertz CT molecular complexity index is 740. The van der Waals surface area contributed by atoms with Crippen molar-refractivity contribution in [2.45, 2.75) is 77.6 Å². The summed E-state index contributed by atoms with van der Waals surface area (Å²) < 4.78 is 40.2. The summed E-state index contributed by atoms with van der Waals surface area (Å²) >= 11 is 0. The van der Waals surface area contributed by atoms with Crippen LogP contribution in [0.5, 0.6) is 5.75 Å². The van der Waals surface area contributed by atoms with Crippen LogP contribution in [0.1, 0.15) is 69.4 Å². The van der Waals surface area contributed by atoms with Crippen molar-refractivity contribution in [2.24, 2.45) is 5.92 Å². The Kier molecular flexibility index (Phi) is 8.48. The first-order chi connectivity index (χ1) is 14.2. The van der Waals surface area contributed by atoms with Crippen molar-refractivity contribution >= 4 is 0 Å². The number of benzene rings is 2. The second kappa shape index (κ2) is 11.3. The highest BCUT2D eigenvalue weighted by molar-refractivity contribution is 5.31. The van der Waals surface area contributed by atoms with Crippen molar-refractivity contribution in [2.75, 3.05) is 0 Å². The van der Waals surface area contributed by atoms with E-state index < -0.39 is 11.6 Å². The third-order valence-corrected chi connectivity index (χ3v) is 5.85. The highest BCUT2D eigenvalue weighted by Crippen LogP contribution is 2.31. The number of rotatable bonds is 10. The molecular formula is C25H32F2O2. The predicted molar refractivity (Wildman–Crippen MR) is 112 cm³/mol. The summed E-state index contributed by atoms with van der Waals surface area (Å²) in [6.07, 6.45) is 9.73. The van der Waals surface area contributed by atoms with Gasteiger partial charge in [-0.25, -0.2) is 4.39 Å². The Hall–Kier alpha value is -1.94. The van der Waals surface area contributed by atoms with Crippen LogP contribution in [0, 0.1) is 17.6 Å². The van der Waals surface area contributed by atoms with E-state index in [0.29, 0.717) is 0 Å². The van der Waals surface area contributed by atoms with E-state index in [1.807, 2.05) is 30.3 Å². The number of unbranched alkanes of at least 4 members (excludes halogenated alkanes) is 2. The maximum atomic E-state index is 14.4. The van der Waals surface area contributed by atoms with Crippen molar-refractivity contribution in [1.29, 1.82) is 0 Å². The van der Waals surface area contributed by atoms with E-state index in [1.54, 1.807) is 6.07 Å². The average molecular weight is 403 g/mol. The van der Waals surface area contributed by atoms with Crippen molar-refractivity contribution in [1.82, 2.24) is 0 Å². The van der Waals surface area contributed by atoms with Gasteiger partial charge in [-0.1, -0.05) is 62.9 Å². The summed E-state index contributed by atoms with van der Waals surface area (Å²) in [4.78, 5) is 0. The normalized spacial score (nSPS) is 19.3. The first-order valence-corrected chi connectivity index (χ1v) is 10.9. The smallest absolute Gasteiger partial charge is 0.200 e. The third-order valence-electron chi connectivity index (χ3n) is 5.85. The first-order valence-electron chi connectivity index (χ1n) is 10.9. The topological polar surface area (TPSA) is 18.5 Å². The Balaban J connectivity index is 1.46. The van der Waals surface area contributed by atoms with Gasteiger partial charge in [-0.2, -0.15) is 4.39 Å². The Morgan fingerprint density at radius 2 is 1.62 bits per heavy atom. The van der Waals surface area contributed by atoms with Gasteiger partial charge in [0.2, 0.25) is 5.82 Å². The summed E-state index contributed by atoms with van der Waals surface area (Å²) in [5.41, 5.74) is 1.16. The lowest BCUT2D eigenvalue weighted by Crippen LogP contribution is -2.22. The van der Waals surface area contributed by atoms with Crippen LogP contribution < -0.4 is 4.74 Å². The summed E-state index contributed by atoms with van der Waals surface area (Å²) in [7, 11) is 0. The van der Waals surface area contributed by atoms with Crippen LogP contribution >= 0.6 is 0 Å². The molecular weight excluding hydrogens is 370 g/mol. The molecule has 4 heteroatoms. The van der Waals surface area contributed by atoms with E-state index in [0.717, 1.165) is 24.3 Å². The second-order valence-electron chi connectivity index (χ2n) is 8.07. The Morgan fingerprint density at radius 1 is 0.862 bits per heavy atom. The molecule has 2 aromatic carbocycles. The summed E-state index contributed by atoms with van der Waals surface area (Å²) in [6.45, 7) is 2.54. The molecule has 1 fully saturated rings. The quantitative estimate of drug-likeness (QED) is 0.391. The van der Waals surface area contributed by atoms with Gasteiger partial charge in [0.1, 0.15) is 6.61 Å². The fraction of sp³-hybridized carbons (Fsp3) is 0.520. The van der Waals surface area contributed by atoms with E-state index in [1.165, 1.54) is 44.6 Å². The van der Waals surface area contributed by atoms with Crippen molar-refractivity contribution < 1.29 is 18.3 Å². The minimum atomic E-state index is -0.943. The fourth-order valence-corrected chi connectivity index (χ4v) is 4.01. The Labute approximate surface area is 173 Å². The molecule has 0 aromatic heterocycles. The molecule has 0 radical (unpaired) electrons. The highest BCUT2D eigenvalue weighted by atomic mass is 19.2. The summed E-state index contributed by atoms with van der Waals surface area (Å²) in [5, 5.41) is 0. The molecule has 1 saturated carbocycles. The molecule has 3 rings (SSSR count). The van der Waals surface area contributed by atoms with Crippen LogP contribution in [0.3, 0.4) is 0 Å². The minimum absolute atomic E-state index is 0.0670. The van der Waals surface area contributed by atoms with Gasteiger partial charge in [0.25, 0.3) is 0 Å². The molecule has 2 aromatic rings. The lowest BCUT2D eigenvalue weighted by atomic mass is 9.84. The van der Waals surface area contributed by atoms with E-state index >= 15 is 0 Å². The molecule has 0 bridgehead atoms. The molecule has 0 amide bonds. The van der Waals surface area contributed by atoms with Crippen LogP contribution in [0.2, 0.25) is 0 Å². The molecule has 0 N–H and O–H groups in total. The van der Waals surface area contributed by atoms with Gasteiger partial charge in [-0.3, -0.25) is 0 Å². The largest absolute Gasteiger partial charge is 0.486 e. The zero-order valence-electron chi connectivity index (χ0n) is 17.3. The van der Waals surface area contributed by atoms with Gasteiger partial charge in [-0.05, 0) is 49.3 Å². The molecule has 1 aliphatic carbocycles. The van der Waals surface area contributed by atoms with Gasteiger partial charge in [0.15, 0.2) is 11.6 Å². The second-order valence-corrected chi connectivity index (χ2v) is 8.07. The Morgan fingerprint density at radius 3 is 2.34 bits per heavy atom. The van der Waals surface area contributed by atoms with Gasteiger partial charge in [0, 0.05) is 5.56 Å². The average Bonchev–Trinajstić information content (AvgIpc) is 2.76. The standard InChI is InChI=1S/C25H32F2O2/c1-2-3-5-8-19-11-14-22(15-12-19)28-18-21-13-16-23(25(27)24(21)26)29-17-20-9-6-4-7-10-20/h4,6-7,9-10,13,16,19,22H,2-3,5,8,11-12,14-15,17-18H2,1H3. The van der Waals surface area contributed by atoms with Gasteiger partial charge in [-0.15, -0.1) is 0 Å². The van der Waals surface area contributed by atoms with E-state index in [4.69, 9.17) is 9.47 Å². The van der Waals surface area contributed by atoms with Crippen LogP contribution in [0.4, 0.5) is 8.78 Å². The molecule has 1 aliphatic rings. The maximum Gasteiger partial charge on any atom is 0.200 e. The molecule has 29 heavy (non-hydrogen) atoms. The zero-order chi connectivity index (χ0) is 20.5. The molecule has 2 nitrogen and oxygen atoms in total. The lowest BCUT2D eigenvalue weighted by Gasteiger charge is -2.28. The number of hydrogen-bond acceptors (Lipinski definition) is 2. The molecule has 0 atom stereocenters. The summed E-state index contributed by atoms with van der Waals surface area (Å²) in [5.74, 6) is -1.08. The van der Waals surface area contributed by atoms with Crippen LogP contribution in [0.15, 0.2) is 42.5 Å². The zero-order valence-corrected chi connectivity index (χ0v) is 17.3. The van der Waals surface area contributed by atoms with Crippen molar-refractivity contribution in [3.63, 3.8) is 0 Å². The van der Waals surface area contributed by atoms with E-state index in [2.05, 4.69) is 6.92 Å². The van der Waals surface area contributed by atoms with Crippen molar-refractivity contribution in [3.8, 4) is 5.75 Å². The third kappa shape index (κ3) is 6.53. The maximum absolute atomic E-state index is 14.4. The first kappa shape index (κ1) is 21.8. The van der Waals surface area contributed by atoms with Crippen molar-refractivity contribution in [3.05, 3.63) is 65.2 Å². The van der Waals surface area contributed by atoms with Crippen LogP contribution in [0.25, 0.3) is 0 Å². The SMILES string of the molecule is CCCCCC1CCC(OCc2ccc(OCc3ccccc3)c(F)c2F)CC1. The van der Waals surface area contributed by atoms with Gasteiger partial charge >= 0.3 is 0 Å². The van der Waals surface area contributed by atoms with E-state index in [9.17, 15) is 8.78 Å². The van der Waals surface area contributed by atoms with Crippen LogP contribution in [-0.4, -0.2) is 6.10 Å². The molecule has 0 unspecified atom stereocenters. The van der Waals surface area contributed by atoms with Gasteiger partial charge < -0.3 is 9.47 Å².